The molecule has 0 aromatic heterocycles. The standard InChI is InChI=1S/C13H25F3N2O/c1-18(9-10-19-2)8-7-17-12-6-4-3-5-11(12)13(14,15)16/h11-12,17H,3-10H2,1-2H3. The van der Waals surface area contributed by atoms with Crippen LogP contribution in [-0.4, -0.2) is 57.5 Å². The fraction of sp³-hybridized carbons (Fsp3) is 1.00. The quantitative estimate of drug-likeness (QED) is 0.775. The van der Waals surface area contributed by atoms with E-state index in [4.69, 9.17) is 4.74 Å². The van der Waals surface area contributed by atoms with Gasteiger partial charge in [-0.05, 0) is 19.9 Å². The lowest BCUT2D eigenvalue weighted by molar-refractivity contribution is -0.188. The second-order valence-electron chi connectivity index (χ2n) is 5.29. The molecule has 0 aromatic carbocycles. The van der Waals surface area contributed by atoms with Crippen LogP contribution < -0.4 is 5.32 Å². The average Bonchev–Trinajstić information content (AvgIpc) is 2.35. The fourth-order valence-electron chi connectivity index (χ4n) is 2.57. The zero-order chi connectivity index (χ0) is 14.3. The van der Waals surface area contributed by atoms with Crippen LogP contribution in [0.3, 0.4) is 0 Å². The first-order valence-corrected chi connectivity index (χ1v) is 6.92. The van der Waals surface area contributed by atoms with Crippen molar-refractivity contribution in [1.82, 2.24) is 10.2 Å². The van der Waals surface area contributed by atoms with Crippen molar-refractivity contribution in [1.29, 1.82) is 0 Å². The summed E-state index contributed by atoms with van der Waals surface area (Å²) in [5.74, 6) is -1.18. The number of ether oxygens (including phenoxy) is 1. The SMILES string of the molecule is COCCN(C)CCNC1CCCCC1C(F)(F)F. The number of hydrogen-bond acceptors (Lipinski definition) is 3. The number of likely N-dealkylation sites (N-methyl/N-ethyl adjacent to an activating group) is 1. The van der Waals surface area contributed by atoms with Gasteiger partial charge in [0, 0.05) is 32.8 Å². The van der Waals surface area contributed by atoms with Crippen LogP contribution in [0, 0.1) is 5.92 Å². The van der Waals surface area contributed by atoms with Crippen LogP contribution in [0.5, 0.6) is 0 Å². The summed E-state index contributed by atoms with van der Waals surface area (Å²) in [7, 11) is 3.59. The van der Waals surface area contributed by atoms with Gasteiger partial charge in [0.05, 0.1) is 12.5 Å². The zero-order valence-corrected chi connectivity index (χ0v) is 11.8. The Kier molecular flexibility index (Phi) is 7.10. The zero-order valence-electron chi connectivity index (χ0n) is 11.8. The highest BCUT2D eigenvalue weighted by Gasteiger charge is 2.45. The summed E-state index contributed by atoms with van der Waals surface area (Å²) in [6.45, 7) is 2.78. The van der Waals surface area contributed by atoms with E-state index in [1.54, 1.807) is 7.11 Å². The van der Waals surface area contributed by atoms with Gasteiger partial charge in [0.15, 0.2) is 0 Å². The van der Waals surface area contributed by atoms with Gasteiger partial charge in [0.2, 0.25) is 0 Å². The molecule has 0 saturated heterocycles. The van der Waals surface area contributed by atoms with Crippen molar-refractivity contribution in [3.8, 4) is 0 Å². The molecule has 3 nitrogen and oxygen atoms in total. The van der Waals surface area contributed by atoms with Gasteiger partial charge in [-0.3, -0.25) is 0 Å². The van der Waals surface area contributed by atoms with E-state index in [0.29, 0.717) is 26.0 Å². The maximum atomic E-state index is 12.9. The number of methoxy groups -OCH3 is 1. The first-order chi connectivity index (χ1) is 8.95. The minimum Gasteiger partial charge on any atom is -0.383 e. The van der Waals surface area contributed by atoms with E-state index in [1.807, 2.05) is 7.05 Å². The fourth-order valence-corrected chi connectivity index (χ4v) is 2.57. The third-order valence-corrected chi connectivity index (χ3v) is 3.76. The Morgan fingerprint density at radius 1 is 1.21 bits per heavy atom. The summed E-state index contributed by atoms with van der Waals surface area (Å²) in [5.41, 5.74) is 0. The van der Waals surface area contributed by atoms with Crippen molar-refractivity contribution in [2.75, 3.05) is 40.4 Å². The molecular formula is C13H25F3N2O. The summed E-state index contributed by atoms with van der Waals surface area (Å²) in [5, 5.41) is 3.08. The third-order valence-electron chi connectivity index (χ3n) is 3.76. The van der Waals surface area contributed by atoms with E-state index < -0.39 is 18.1 Å². The minimum atomic E-state index is -4.07. The lowest BCUT2D eigenvalue weighted by Crippen LogP contribution is -2.47. The maximum absolute atomic E-state index is 12.9. The van der Waals surface area contributed by atoms with Crippen molar-refractivity contribution in [3.63, 3.8) is 0 Å². The number of halogens is 3. The molecule has 114 valence electrons. The van der Waals surface area contributed by atoms with Gasteiger partial charge in [0.25, 0.3) is 0 Å². The second-order valence-corrected chi connectivity index (χ2v) is 5.29. The molecule has 0 aliphatic heterocycles. The molecule has 0 bridgehead atoms. The van der Waals surface area contributed by atoms with Crippen LogP contribution in [0.15, 0.2) is 0 Å². The lowest BCUT2D eigenvalue weighted by Gasteiger charge is -2.34. The largest absolute Gasteiger partial charge is 0.393 e. The molecular weight excluding hydrogens is 257 g/mol. The molecule has 0 heterocycles. The molecule has 1 saturated carbocycles. The number of hydrogen-bond donors (Lipinski definition) is 1. The van der Waals surface area contributed by atoms with Crippen LogP contribution in [0.25, 0.3) is 0 Å². The topological polar surface area (TPSA) is 24.5 Å². The van der Waals surface area contributed by atoms with Gasteiger partial charge in [-0.1, -0.05) is 12.8 Å². The first-order valence-electron chi connectivity index (χ1n) is 6.92. The second kappa shape index (κ2) is 8.07. The highest BCUT2D eigenvalue weighted by atomic mass is 19.4. The minimum absolute atomic E-state index is 0.265. The monoisotopic (exact) mass is 282 g/mol. The lowest BCUT2D eigenvalue weighted by atomic mass is 9.84. The Morgan fingerprint density at radius 3 is 2.53 bits per heavy atom. The van der Waals surface area contributed by atoms with Crippen LogP contribution in [-0.2, 0) is 4.74 Å². The van der Waals surface area contributed by atoms with Crippen LogP contribution >= 0.6 is 0 Å². The highest BCUT2D eigenvalue weighted by Crippen LogP contribution is 2.37. The Hall–Kier alpha value is -0.330. The molecule has 1 fully saturated rings. The Balaban J connectivity index is 2.29. The summed E-state index contributed by atoms with van der Waals surface area (Å²) < 4.78 is 43.6. The summed E-state index contributed by atoms with van der Waals surface area (Å²) in [6, 6.07) is -0.412. The number of rotatable bonds is 7. The molecule has 1 N–H and O–H groups in total. The summed E-state index contributed by atoms with van der Waals surface area (Å²) >= 11 is 0. The number of alkyl halides is 3. The van der Waals surface area contributed by atoms with E-state index >= 15 is 0 Å². The van der Waals surface area contributed by atoms with Crippen molar-refractivity contribution >= 4 is 0 Å². The molecule has 2 atom stereocenters. The van der Waals surface area contributed by atoms with Gasteiger partial charge in [-0.25, -0.2) is 0 Å². The van der Waals surface area contributed by atoms with E-state index in [1.165, 1.54) is 0 Å². The van der Waals surface area contributed by atoms with Crippen LogP contribution in [0.4, 0.5) is 13.2 Å². The Bertz CT molecular complexity index is 249. The van der Waals surface area contributed by atoms with Crippen LogP contribution in [0.1, 0.15) is 25.7 Å². The molecule has 2 unspecified atom stereocenters. The summed E-state index contributed by atoms with van der Waals surface area (Å²) in [6.07, 6.45) is -1.59. The predicted octanol–water partition coefficient (Wildman–Crippen LogP) is 2.28. The van der Waals surface area contributed by atoms with Gasteiger partial charge in [-0.15, -0.1) is 0 Å². The Morgan fingerprint density at radius 2 is 1.89 bits per heavy atom. The van der Waals surface area contributed by atoms with E-state index in [2.05, 4.69) is 10.2 Å². The van der Waals surface area contributed by atoms with Crippen LogP contribution in [0.2, 0.25) is 0 Å². The molecule has 6 heteroatoms. The molecule has 0 amide bonds. The van der Waals surface area contributed by atoms with Crippen molar-refractivity contribution < 1.29 is 17.9 Å². The normalized spacial score (nSPS) is 24.9. The predicted molar refractivity (Wildman–Crippen MR) is 69.2 cm³/mol. The molecule has 0 radical (unpaired) electrons. The van der Waals surface area contributed by atoms with E-state index in [-0.39, 0.29) is 6.42 Å². The smallest absolute Gasteiger partial charge is 0.383 e. The Labute approximate surface area is 113 Å². The molecule has 1 rings (SSSR count). The average molecular weight is 282 g/mol. The first kappa shape index (κ1) is 16.7. The number of nitrogens with one attached hydrogen (secondary N) is 1. The van der Waals surface area contributed by atoms with Gasteiger partial charge in [-0.2, -0.15) is 13.2 Å². The highest BCUT2D eigenvalue weighted by molar-refractivity contribution is 4.85. The number of nitrogens with zero attached hydrogens (tertiary/aromatic N) is 1. The maximum Gasteiger partial charge on any atom is 0.393 e. The third kappa shape index (κ3) is 6.10. The van der Waals surface area contributed by atoms with Crippen molar-refractivity contribution in [2.45, 2.75) is 37.9 Å². The van der Waals surface area contributed by atoms with E-state index in [9.17, 15) is 13.2 Å². The van der Waals surface area contributed by atoms with Gasteiger partial charge >= 0.3 is 6.18 Å². The van der Waals surface area contributed by atoms with Crippen molar-refractivity contribution in [2.24, 2.45) is 5.92 Å². The summed E-state index contributed by atoms with van der Waals surface area (Å²) in [4.78, 5) is 2.06. The molecule has 0 spiro atoms. The van der Waals surface area contributed by atoms with Gasteiger partial charge in [0.1, 0.15) is 0 Å². The molecule has 1 aliphatic carbocycles. The van der Waals surface area contributed by atoms with Crippen molar-refractivity contribution in [3.05, 3.63) is 0 Å². The molecule has 19 heavy (non-hydrogen) atoms. The van der Waals surface area contributed by atoms with E-state index in [0.717, 1.165) is 19.5 Å². The van der Waals surface area contributed by atoms with Gasteiger partial charge < -0.3 is 15.0 Å². The molecule has 0 aromatic rings. The molecule has 1 aliphatic rings.